The van der Waals surface area contributed by atoms with Gasteiger partial charge in [-0.3, -0.25) is 4.79 Å². The minimum atomic E-state index is -0.688. The first-order valence-electron chi connectivity index (χ1n) is 8.81. The van der Waals surface area contributed by atoms with Crippen molar-refractivity contribution in [2.45, 2.75) is 38.8 Å². The average Bonchev–Trinajstić information content (AvgIpc) is 2.52. The number of hydrogen-bond donors (Lipinski definition) is 2. The number of carbonyl (C=O) groups excluding carboxylic acids is 2. The van der Waals surface area contributed by atoms with E-state index in [1.54, 1.807) is 20.8 Å². The monoisotopic (exact) mass is 361 g/mol. The highest BCUT2D eigenvalue weighted by Crippen LogP contribution is 2.08. The fraction of sp³-hybridized carbons (Fsp3) is 0.500. The molecule has 26 heavy (non-hydrogen) atoms. The minimum Gasteiger partial charge on any atom is -0.444 e. The van der Waals surface area contributed by atoms with Gasteiger partial charge in [0.05, 0.1) is 0 Å². The van der Waals surface area contributed by atoms with Gasteiger partial charge in [0.1, 0.15) is 11.6 Å². The van der Waals surface area contributed by atoms with Gasteiger partial charge in [-0.15, -0.1) is 0 Å². The molecule has 0 spiro atoms. The topological polar surface area (TPSA) is 70.7 Å². The standard InChI is InChI=1S/C20H31N3O3/c1-20(2,3)26-19(25)22-17(18(24)21-14-15-23(4)5)13-9-12-16-10-7-6-8-11-16/h6-12,17H,13-15H2,1-5H3,(H,21,24)(H,22,25)/t17-/m1/s1. The van der Waals surface area contributed by atoms with Crippen molar-refractivity contribution in [2.75, 3.05) is 27.2 Å². The number of hydrogen-bond acceptors (Lipinski definition) is 4. The lowest BCUT2D eigenvalue weighted by Crippen LogP contribution is -2.48. The Morgan fingerprint density at radius 3 is 2.42 bits per heavy atom. The molecule has 0 radical (unpaired) electrons. The van der Waals surface area contributed by atoms with Crippen molar-refractivity contribution < 1.29 is 14.3 Å². The van der Waals surface area contributed by atoms with E-state index in [0.717, 1.165) is 12.1 Å². The predicted molar refractivity (Wildman–Crippen MR) is 105 cm³/mol. The fourth-order valence-electron chi connectivity index (χ4n) is 2.11. The Labute approximate surface area is 156 Å². The second kappa shape index (κ2) is 10.6. The molecule has 1 aromatic rings. The van der Waals surface area contributed by atoms with E-state index in [4.69, 9.17) is 4.74 Å². The van der Waals surface area contributed by atoms with Gasteiger partial charge in [0.25, 0.3) is 0 Å². The molecule has 0 aliphatic rings. The van der Waals surface area contributed by atoms with Crippen molar-refractivity contribution in [3.63, 3.8) is 0 Å². The van der Waals surface area contributed by atoms with Crippen molar-refractivity contribution in [3.8, 4) is 0 Å². The molecule has 0 heterocycles. The zero-order valence-corrected chi connectivity index (χ0v) is 16.4. The van der Waals surface area contributed by atoms with E-state index >= 15 is 0 Å². The van der Waals surface area contributed by atoms with Gasteiger partial charge in [0.2, 0.25) is 5.91 Å². The van der Waals surface area contributed by atoms with Crippen LogP contribution in [0.15, 0.2) is 36.4 Å². The van der Waals surface area contributed by atoms with E-state index in [9.17, 15) is 9.59 Å². The van der Waals surface area contributed by atoms with E-state index in [1.165, 1.54) is 0 Å². The normalized spacial score (nSPS) is 12.8. The van der Waals surface area contributed by atoms with Crippen molar-refractivity contribution in [1.29, 1.82) is 0 Å². The first-order valence-corrected chi connectivity index (χ1v) is 8.81. The van der Waals surface area contributed by atoms with Crippen LogP contribution >= 0.6 is 0 Å². The van der Waals surface area contributed by atoms with Crippen LogP contribution < -0.4 is 10.6 Å². The summed E-state index contributed by atoms with van der Waals surface area (Å²) in [5.41, 5.74) is 0.423. The molecule has 1 atom stereocenters. The first-order chi connectivity index (χ1) is 12.2. The number of carbonyl (C=O) groups is 2. The highest BCUT2D eigenvalue weighted by atomic mass is 16.6. The summed E-state index contributed by atoms with van der Waals surface area (Å²) in [7, 11) is 3.87. The molecule has 2 N–H and O–H groups in total. The second-order valence-electron chi connectivity index (χ2n) is 7.34. The van der Waals surface area contributed by atoms with Gasteiger partial charge in [-0.25, -0.2) is 4.79 Å². The number of nitrogens with one attached hydrogen (secondary N) is 2. The lowest BCUT2D eigenvalue weighted by atomic mass is 10.1. The van der Waals surface area contributed by atoms with Gasteiger partial charge in [-0.05, 0) is 46.9 Å². The maximum atomic E-state index is 12.4. The number of amides is 2. The molecular formula is C20H31N3O3. The third-order valence-corrected chi connectivity index (χ3v) is 3.35. The Balaban J connectivity index is 2.68. The van der Waals surface area contributed by atoms with Gasteiger partial charge in [-0.1, -0.05) is 42.5 Å². The van der Waals surface area contributed by atoms with Crippen molar-refractivity contribution in [2.24, 2.45) is 0 Å². The van der Waals surface area contributed by atoms with Crippen LogP contribution in [0.25, 0.3) is 6.08 Å². The van der Waals surface area contributed by atoms with Crippen molar-refractivity contribution >= 4 is 18.1 Å². The van der Waals surface area contributed by atoms with Crippen molar-refractivity contribution in [1.82, 2.24) is 15.5 Å². The summed E-state index contributed by atoms with van der Waals surface area (Å²) in [4.78, 5) is 26.5. The molecule has 0 saturated carbocycles. The summed E-state index contributed by atoms with van der Waals surface area (Å²) < 4.78 is 5.26. The highest BCUT2D eigenvalue weighted by molar-refractivity contribution is 5.86. The lowest BCUT2D eigenvalue weighted by molar-refractivity contribution is -0.123. The van der Waals surface area contributed by atoms with Crippen LogP contribution in [0.4, 0.5) is 4.79 Å². The second-order valence-corrected chi connectivity index (χ2v) is 7.34. The lowest BCUT2D eigenvalue weighted by Gasteiger charge is -2.23. The summed E-state index contributed by atoms with van der Waals surface area (Å²) in [6, 6.07) is 9.11. The van der Waals surface area contributed by atoms with Crippen LogP contribution in [0, 0.1) is 0 Å². The summed E-state index contributed by atoms with van der Waals surface area (Å²) in [5, 5.41) is 5.51. The Kier molecular flexibility index (Phi) is 8.85. The van der Waals surface area contributed by atoms with E-state index in [0.29, 0.717) is 13.0 Å². The molecule has 0 unspecified atom stereocenters. The third kappa shape index (κ3) is 9.84. The molecule has 2 amide bonds. The van der Waals surface area contributed by atoms with E-state index in [-0.39, 0.29) is 5.91 Å². The molecule has 0 aromatic heterocycles. The summed E-state index contributed by atoms with van der Waals surface area (Å²) in [6.07, 6.45) is 3.58. The molecule has 0 saturated heterocycles. The summed E-state index contributed by atoms with van der Waals surface area (Å²) in [6.45, 7) is 6.60. The molecule has 1 aromatic carbocycles. The minimum absolute atomic E-state index is 0.226. The molecule has 0 aliphatic carbocycles. The zero-order chi connectivity index (χ0) is 19.6. The van der Waals surface area contributed by atoms with Gasteiger partial charge < -0.3 is 20.3 Å². The van der Waals surface area contributed by atoms with Crippen LogP contribution in [0.2, 0.25) is 0 Å². The fourth-order valence-corrected chi connectivity index (χ4v) is 2.11. The van der Waals surface area contributed by atoms with Crippen LogP contribution in [0.5, 0.6) is 0 Å². The molecule has 0 aliphatic heterocycles. The Hall–Kier alpha value is -2.34. The maximum Gasteiger partial charge on any atom is 0.408 e. The van der Waals surface area contributed by atoms with Gasteiger partial charge in [-0.2, -0.15) is 0 Å². The van der Waals surface area contributed by atoms with Gasteiger partial charge in [0, 0.05) is 13.1 Å². The molecule has 6 nitrogen and oxygen atoms in total. The summed E-state index contributed by atoms with van der Waals surface area (Å²) in [5.74, 6) is -0.226. The van der Waals surface area contributed by atoms with Crippen LogP contribution in [-0.4, -0.2) is 55.7 Å². The molecule has 1 rings (SSSR count). The molecule has 144 valence electrons. The molecule has 0 fully saturated rings. The average molecular weight is 361 g/mol. The number of ether oxygens (including phenoxy) is 1. The van der Waals surface area contributed by atoms with Gasteiger partial charge in [0.15, 0.2) is 0 Å². The smallest absolute Gasteiger partial charge is 0.408 e. The van der Waals surface area contributed by atoms with E-state index in [2.05, 4.69) is 10.6 Å². The Morgan fingerprint density at radius 2 is 1.85 bits per heavy atom. The first kappa shape index (κ1) is 21.7. The van der Waals surface area contributed by atoms with E-state index < -0.39 is 17.7 Å². The summed E-state index contributed by atoms with van der Waals surface area (Å²) >= 11 is 0. The Bertz CT molecular complexity index is 592. The zero-order valence-electron chi connectivity index (χ0n) is 16.4. The predicted octanol–water partition coefficient (Wildman–Crippen LogP) is 2.66. The number of alkyl carbamates (subject to hydrolysis) is 1. The largest absolute Gasteiger partial charge is 0.444 e. The number of benzene rings is 1. The number of rotatable bonds is 8. The number of nitrogens with zero attached hydrogens (tertiary/aromatic N) is 1. The van der Waals surface area contributed by atoms with Crippen LogP contribution in [0.3, 0.4) is 0 Å². The quantitative estimate of drug-likeness (QED) is 0.747. The van der Waals surface area contributed by atoms with Crippen LogP contribution in [-0.2, 0) is 9.53 Å². The molecule has 6 heteroatoms. The van der Waals surface area contributed by atoms with E-state index in [1.807, 2.05) is 61.5 Å². The van der Waals surface area contributed by atoms with Gasteiger partial charge >= 0.3 is 6.09 Å². The Morgan fingerprint density at radius 1 is 1.19 bits per heavy atom. The SMILES string of the molecule is CN(C)CCNC(=O)[C@@H](CC=Cc1ccccc1)NC(=O)OC(C)(C)C. The molecular weight excluding hydrogens is 330 g/mol. The number of likely N-dealkylation sites (N-methyl/N-ethyl adjacent to an activating group) is 1. The third-order valence-electron chi connectivity index (χ3n) is 3.35. The molecule has 0 bridgehead atoms. The van der Waals surface area contributed by atoms with Crippen LogP contribution in [0.1, 0.15) is 32.8 Å². The maximum absolute atomic E-state index is 12.4. The highest BCUT2D eigenvalue weighted by Gasteiger charge is 2.23. The van der Waals surface area contributed by atoms with Crippen molar-refractivity contribution in [3.05, 3.63) is 42.0 Å².